The Bertz CT molecular complexity index is 757. The number of carbonyl (C=O) groups is 1. The molecule has 2 aromatic carbocycles. The monoisotopic (exact) mass is 368 g/mol. The normalized spacial score (nSPS) is 11.0. The van der Waals surface area contributed by atoms with Crippen molar-refractivity contribution in [1.29, 1.82) is 0 Å². The molecule has 0 radical (unpaired) electrons. The van der Waals surface area contributed by atoms with Gasteiger partial charge in [-0.25, -0.2) is 0 Å². The van der Waals surface area contributed by atoms with E-state index < -0.39 is 0 Å². The van der Waals surface area contributed by atoms with Crippen LogP contribution in [-0.4, -0.2) is 39.1 Å². The molecule has 0 atom stereocenters. The topological polar surface area (TPSA) is 74.8 Å². The van der Waals surface area contributed by atoms with Gasteiger partial charge < -0.3 is 20.7 Å². The summed E-state index contributed by atoms with van der Waals surface area (Å²) in [6.45, 7) is 3.05. The van der Waals surface area contributed by atoms with Crippen molar-refractivity contribution in [3.05, 3.63) is 59.7 Å². The molecule has 27 heavy (non-hydrogen) atoms. The van der Waals surface area contributed by atoms with Gasteiger partial charge in [0.05, 0.1) is 7.11 Å². The van der Waals surface area contributed by atoms with E-state index in [-0.39, 0.29) is 5.91 Å². The van der Waals surface area contributed by atoms with Gasteiger partial charge in [-0.05, 0) is 42.2 Å². The van der Waals surface area contributed by atoms with Gasteiger partial charge in [0.1, 0.15) is 5.75 Å². The van der Waals surface area contributed by atoms with Crippen LogP contribution >= 0.6 is 0 Å². The smallest absolute Gasteiger partial charge is 0.221 e. The average Bonchev–Trinajstić information content (AvgIpc) is 2.68. The van der Waals surface area contributed by atoms with Crippen molar-refractivity contribution in [3.8, 4) is 5.75 Å². The highest BCUT2D eigenvalue weighted by atomic mass is 16.5. The van der Waals surface area contributed by atoms with Gasteiger partial charge in [-0.3, -0.25) is 9.79 Å². The van der Waals surface area contributed by atoms with E-state index in [0.29, 0.717) is 0 Å². The van der Waals surface area contributed by atoms with Gasteiger partial charge in [0.15, 0.2) is 5.96 Å². The van der Waals surface area contributed by atoms with E-state index in [9.17, 15) is 4.79 Å². The third-order valence-corrected chi connectivity index (χ3v) is 4.08. The Hall–Kier alpha value is -3.02. The van der Waals surface area contributed by atoms with Crippen LogP contribution in [0.15, 0.2) is 53.5 Å². The minimum absolute atomic E-state index is 0.0626. The lowest BCUT2D eigenvalue weighted by atomic mass is 10.1. The third-order valence-electron chi connectivity index (χ3n) is 4.08. The first-order chi connectivity index (χ1) is 13.1. The van der Waals surface area contributed by atoms with Gasteiger partial charge in [0.2, 0.25) is 5.91 Å². The summed E-state index contributed by atoms with van der Waals surface area (Å²) in [7, 11) is 3.45. The number of ether oxygens (including phenoxy) is 1. The van der Waals surface area contributed by atoms with Crippen molar-refractivity contribution in [3.63, 3.8) is 0 Å². The maximum Gasteiger partial charge on any atom is 0.221 e. The second-order valence-corrected chi connectivity index (χ2v) is 6.12. The Morgan fingerprint density at radius 1 is 1.00 bits per heavy atom. The predicted molar refractivity (Wildman–Crippen MR) is 111 cm³/mol. The maximum atomic E-state index is 11.0. The zero-order chi connectivity index (χ0) is 19.5. The Labute approximate surface area is 161 Å². The molecular weight excluding hydrogens is 340 g/mol. The summed E-state index contributed by atoms with van der Waals surface area (Å²) in [5.41, 5.74) is 3.18. The highest BCUT2D eigenvalue weighted by Gasteiger charge is 2.03. The lowest BCUT2D eigenvalue weighted by Gasteiger charge is -2.13. The van der Waals surface area contributed by atoms with E-state index in [1.54, 1.807) is 14.2 Å². The number of rotatable bonds is 8. The number of hydrogen-bond acceptors (Lipinski definition) is 3. The third kappa shape index (κ3) is 7.01. The highest BCUT2D eigenvalue weighted by molar-refractivity contribution is 5.88. The summed E-state index contributed by atoms with van der Waals surface area (Å²) in [4.78, 5) is 15.3. The minimum Gasteiger partial charge on any atom is -0.496 e. The summed E-state index contributed by atoms with van der Waals surface area (Å²) < 4.78 is 5.38. The van der Waals surface area contributed by atoms with Crippen molar-refractivity contribution in [1.82, 2.24) is 10.6 Å². The summed E-state index contributed by atoms with van der Waals surface area (Å²) in [6, 6.07) is 15.9. The molecule has 6 heteroatoms. The number of nitrogens with one attached hydrogen (secondary N) is 3. The highest BCUT2D eigenvalue weighted by Crippen LogP contribution is 2.17. The number of guanidine groups is 1. The number of benzene rings is 2. The van der Waals surface area contributed by atoms with Gasteiger partial charge in [-0.15, -0.1) is 0 Å². The van der Waals surface area contributed by atoms with E-state index >= 15 is 0 Å². The molecule has 0 heterocycles. The van der Waals surface area contributed by atoms with E-state index in [1.165, 1.54) is 18.1 Å². The zero-order valence-electron chi connectivity index (χ0n) is 16.2. The Kier molecular flexibility index (Phi) is 8.16. The standard InChI is InChI=1S/C21H28N4O2/c1-16(26)25-19-10-8-17(9-11-19)12-14-23-21(22-2)24-15-13-18-6-4-5-7-20(18)27-3/h4-11H,12-15H2,1-3H3,(H,25,26)(H2,22,23,24). The van der Waals surface area contributed by atoms with Gasteiger partial charge >= 0.3 is 0 Å². The van der Waals surface area contributed by atoms with Gasteiger partial charge in [0.25, 0.3) is 0 Å². The van der Waals surface area contributed by atoms with Crippen molar-refractivity contribution in [2.24, 2.45) is 4.99 Å². The van der Waals surface area contributed by atoms with Crippen molar-refractivity contribution in [2.75, 3.05) is 32.6 Å². The largest absolute Gasteiger partial charge is 0.496 e. The molecule has 0 saturated heterocycles. The molecule has 3 N–H and O–H groups in total. The van der Waals surface area contributed by atoms with Gasteiger partial charge in [-0.1, -0.05) is 30.3 Å². The molecule has 6 nitrogen and oxygen atoms in total. The molecule has 0 aliphatic carbocycles. The number of nitrogens with zero attached hydrogens (tertiary/aromatic N) is 1. The van der Waals surface area contributed by atoms with Gasteiger partial charge in [0, 0.05) is 32.7 Å². The second-order valence-electron chi connectivity index (χ2n) is 6.12. The summed E-state index contributed by atoms with van der Waals surface area (Å²) in [5.74, 6) is 1.62. The second kappa shape index (κ2) is 10.9. The molecule has 0 saturated carbocycles. The lowest BCUT2D eigenvalue weighted by molar-refractivity contribution is -0.114. The molecule has 0 spiro atoms. The molecule has 0 bridgehead atoms. The lowest BCUT2D eigenvalue weighted by Crippen LogP contribution is -2.39. The van der Waals surface area contributed by atoms with E-state index in [4.69, 9.17) is 4.74 Å². The number of amides is 1. The first kappa shape index (κ1) is 20.3. The van der Waals surface area contributed by atoms with Crippen LogP contribution in [-0.2, 0) is 17.6 Å². The number of carbonyl (C=O) groups excluding carboxylic acids is 1. The number of para-hydroxylation sites is 1. The maximum absolute atomic E-state index is 11.0. The molecule has 0 unspecified atom stereocenters. The number of aliphatic imine (C=N–C) groups is 1. The Morgan fingerprint density at radius 2 is 1.67 bits per heavy atom. The molecule has 0 aromatic heterocycles. The fourth-order valence-electron chi connectivity index (χ4n) is 2.73. The first-order valence-electron chi connectivity index (χ1n) is 9.05. The fourth-order valence-corrected chi connectivity index (χ4v) is 2.73. The van der Waals surface area contributed by atoms with Crippen LogP contribution in [0.2, 0.25) is 0 Å². The quantitative estimate of drug-likeness (QED) is 0.495. The van der Waals surface area contributed by atoms with Crippen molar-refractivity contribution in [2.45, 2.75) is 19.8 Å². The van der Waals surface area contributed by atoms with Gasteiger partial charge in [-0.2, -0.15) is 0 Å². The van der Waals surface area contributed by atoms with Crippen LogP contribution in [0.25, 0.3) is 0 Å². The molecule has 144 valence electrons. The number of methoxy groups -OCH3 is 1. The first-order valence-corrected chi connectivity index (χ1v) is 9.05. The van der Waals surface area contributed by atoms with Crippen LogP contribution < -0.4 is 20.7 Å². The molecule has 0 fully saturated rings. The number of hydrogen-bond donors (Lipinski definition) is 3. The van der Waals surface area contributed by atoms with Crippen molar-refractivity contribution < 1.29 is 9.53 Å². The molecule has 2 aromatic rings. The van der Waals surface area contributed by atoms with Crippen molar-refractivity contribution >= 4 is 17.6 Å². The molecule has 0 aliphatic heterocycles. The van der Waals surface area contributed by atoms with Crippen LogP contribution in [0, 0.1) is 0 Å². The van der Waals surface area contributed by atoms with Crippen LogP contribution in [0.3, 0.4) is 0 Å². The summed E-state index contributed by atoms with van der Waals surface area (Å²) in [5, 5.41) is 9.41. The average molecular weight is 368 g/mol. The molecule has 2 rings (SSSR count). The van der Waals surface area contributed by atoms with Crippen LogP contribution in [0.5, 0.6) is 5.75 Å². The SMILES string of the molecule is CN=C(NCCc1ccc(NC(C)=O)cc1)NCCc1ccccc1OC. The summed E-state index contributed by atoms with van der Waals surface area (Å²) >= 11 is 0. The van der Waals surface area contributed by atoms with Crippen LogP contribution in [0.4, 0.5) is 5.69 Å². The van der Waals surface area contributed by atoms with E-state index in [1.807, 2.05) is 42.5 Å². The predicted octanol–water partition coefficient (Wildman–Crippen LogP) is 2.60. The van der Waals surface area contributed by atoms with E-state index in [0.717, 1.165) is 43.3 Å². The molecule has 0 aliphatic rings. The Morgan fingerprint density at radius 3 is 2.30 bits per heavy atom. The summed E-state index contributed by atoms with van der Waals surface area (Å²) in [6.07, 6.45) is 1.73. The minimum atomic E-state index is -0.0626. The fraction of sp³-hybridized carbons (Fsp3) is 0.333. The molecular formula is C21H28N4O2. The Balaban J connectivity index is 1.73. The zero-order valence-corrected chi connectivity index (χ0v) is 16.2. The number of anilines is 1. The molecule has 1 amide bonds. The van der Waals surface area contributed by atoms with Crippen LogP contribution in [0.1, 0.15) is 18.1 Å². The van der Waals surface area contributed by atoms with E-state index in [2.05, 4.69) is 27.0 Å².